The lowest BCUT2D eigenvalue weighted by Crippen LogP contribution is -2.40. The fourth-order valence-electron chi connectivity index (χ4n) is 6.36. The number of aromatic amines is 1. The van der Waals surface area contributed by atoms with E-state index in [0.717, 1.165) is 97.8 Å². The van der Waals surface area contributed by atoms with Crippen LogP contribution < -0.4 is 15.8 Å². The van der Waals surface area contributed by atoms with Gasteiger partial charge in [0.2, 0.25) is 0 Å². The Morgan fingerprint density at radius 1 is 1.10 bits per heavy atom. The van der Waals surface area contributed by atoms with Crippen LogP contribution in [0, 0.1) is 20.8 Å². The number of aryl methyl sites for hydroxylation is 2. The van der Waals surface area contributed by atoms with Gasteiger partial charge in [0.1, 0.15) is 11.3 Å². The van der Waals surface area contributed by atoms with E-state index < -0.39 is 0 Å². The van der Waals surface area contributed by atoms with Crippen molar-refractivity contribution < 1.29 is 13.9 Å². The Labute approximate surface area is 230 Å². The van der Waals surface area contributed by atoms with Crippen molar-refractivity contribution in [1.82, 2.24) is 15.2 Å². The predicted molar refractivity (Wildman–Crippen MR) is 155 cm³/mol. The van der Waals surface area contributed by atoms with Crippen molar-refractivity contribution in [3.63, 3.8) is 0 Å². The molecule has 2 fully saturated rings. The molecule has 2 aliphatic heterocycles. The summed E-state index contributed by atoms with van der Waals surface area (Å²) in [7, 11) is 2.16. The van der Waals surface area contributed by atoms with Crippen LogP contribution in [-0.4, -0.2) is 61.7 Å². The summed E-state index contributed by atoms with van der Waals surface area (Å²) in [5.74, 6) is 1.13. The van der Waals surface area contributed by atoms with E-state index in [9.17, 15) is 9.59 Å². The minimum atomic E-state index is -0.183. The third kappa shape index (κ3) is 5.63. The van der Waals surface area contributed by atoms with Crippen LogP contribution in [0.4, 0.5) is 5.69 Å². The highest BCUT2D eigenvalue weighted by Crippen LogP contribution is 2.38. The molecule has 1 amide bonds. The molecule has 8 nitrogen and oxygen atoms in total. The number of nitrogens with zero attached hydrogens (tertiary/aromatic N) is 2. The molecule has 0 spiro atoms. The molecule has 0 atom stereocenters. The maximum absolute atomic E-state index is 13.9. The maximum atomic E-state index is 13.9. The van der Waals surface area contributed by atoms with E-state index in [1.165, 1.54) is 0 Å². The van der Waals surface area contributed by atoms with Gasteiger partial charge in [-0.05, 0) is 96.8 Å². The minimum Gasteiger partial charge on any atom is -0.461 e. The second-order valence-corrected chi connectivity index (χ2v) is 11.3. The fourth-order valence-corrected chi connectivity index (χ4v) is 6.36. The number of likely N-dealkylation sites (tertiary alicyclic amines) is 1. The van der Waals surface area contributed by atoms with Gasteiger partial charge in [0.05, 0.1) is 5.56 Å². The number of H-pyrrole nitrogens is 1. The molecule has 1 aromatic carbocycles. The van der Waals surface area contributed by atoms with Gasteiger partial charge in [-0.3, -0.25) is 9.59 Å². The van der Waals surface area contributed by atoms with Gasteiger partial charge in [-0.1, -0.05) is 0 Å². The van der Waals surface area contributed by atoms with E-state index in [1.807, 2.05) is 26.8 Å². The zero-order chi connectivity index (χ0) is 27.7. The lowest BCUT2D eigenvalue weighted by Gasteiger charge is -2.36. The molecule has 2 aromatic heterocycles. The Morgan fingerprint density at radius 3 is 2.49 bits per heavy atom. The molecule has 5 rings (SSSR count). The number of furan rings is 1. The van der Waals surface area contributed by atoms with Crippen molar-refractivity contribution in [2.75, 3.05) is 44.8 Å². The molecule has 2 saturated heterocycles. The molecule has 4 heterocycles. The Hall–Kier alpha value is -3.10. The number of nitrogens with one attached hydrogen (secondary N) is 2. The van der Waals surface area contributed by atoms with Gasteiger partial charge < -0.3 is 29.3 Å². The topological polar surface area (TPSA) is 90.8 Å². The van der Waals surface area contributed by atoms with E-state index >= 15 is 0 Å². The van der Waals surface area contributed by atoms with Crippen LogP contribution in [0.15, 0.2) is 27.4 Å². The van der Waals surface area contributed by atoms with Gasteiger partial charge in [0.25, 0.3) is 11.5 Å². The summed E-state index contributed by atoms with van der Waals surface area (Å²) in [6, 6.07) is 6.51. The second kappa shape index (κ2) is 11.6. The quantitative estimate of drug-likeness (QED) is 0.453. The van der Waals surface area contributed by atoms with Crippen LogP contribution in [0.1, 0.15) is 77.0 Å². The molecule has 3 aromatic rings. The first kappa shape index (κ1) is 27.5. The van der Waals surface area contributed by atoms with Gasteiger partial charge >= 0.3 is 0 Å². The first-order chi connectivity index (χ1) is 18.8. The summed E-state index contributed by atoms with van der Waals surface area (Å²) in [6.45, 7) is 12.6. The number of aromatic nitrogens is 1. The van der Waals surface area contributed by atoms with Gasteiger partial charge in [-0.25, -0.2) is 0 Å². The lowest BCUT2D eigenvalue weighted by molar-refractivity contribution is 0.0846. The zero-order valence-corrected chi connectivity index (χ0v) is 24.0. The molecule has 0 saturated carbocycles. The number of hydrogen-bond donors (Lipinski definition) is 2. The average Bonchev–Trinajstić information content (AvgIpc) is 3.33. The van der Waals surface area contributed by atoms with Crippen molar-refractivity contribution in [3.05, 3.63) is 62.3 Å². The van der Waals surface area contributed by atoms with Crippen LogP contribution in [0.3, 0.4) is 0 Å². The fraction of sp³-hybridized carbons (Fsp3) is 0.548. The van der Waals surface area contributed by atoms with Crippen LogP contribution >= 0.6 is 0 Å². The summed E-state index contributed by atoms with van der Waals surface area (Å²) < 4.78 is 12.2. The van der Waals surface area contributed by atoms with Gasteiger partial charge in [0, 0.05) is 66.7 Å². The molecule has 2 aliphatic rings. The predicted octanol–water partition coefficient (Wildman–Crippen LogP) is 4.79. The minimum absolute atomic E-state index is 0.159. The van der Waals surface area contributed by atoms with Gasteiger partial charge in [-0.2, -0.15) is 0 Å². The second-order valence-electron chi connectivity index (χ2n) is 11.3. The molecule has 0 unspecified atom stereocenters. The summed E-state index contributed by atoms with van der Waals surface area (Å²) in [5.41, 5.74) is 5.47. The molecule has 0 radical (unpaired) electrons. The highest BCUT2D eigenvalue weighted by Gasteiger charge is 2.28. The molecule has 2 N–H and O–H groups in total. The molecule has 210 valence electrons. The zero-order valence-electron chi connectivity index (χ0n) is 24.0. The smallest absolute Gasteiger partial charge is 0.253 e. The van der Waals surface area contributed by atoms with Crippen molar-refractivity contribution in [1.29, 1.82) is 0 Å². The summed E-state index contributed by atoms with van der Waals surface area (Å²) in [4.78, 5) is 34.1. The van der Waals surface area contributed by atoms with Crippen molar-refractivity contribution >= 4 is 22.6 Å². The van der Waals surface area contributed by atoms with Crippen LogP contribution in [0.5, 0.6) is 0 Å². The van der Waals surface area contributed by atoms with Gasteiger partial charge in [-0.15, -0.1) is 0 Å². The first-order valence-corrected chi connectivity index (χ1v) is 14.3. The molecule has 0 bridgehead atoms. The number of carbonyl (C=O) groups excluding carboxylic acids is 1. The highest BCUT2D eigenvalue weighted by atomic mass is 16.5. The Balaban J connectivity index is 1.55. The van der Waals surface area contributed by atoms with Crippen molar-refractivity contribution in [2.45, 2.75) is 71.9 Å². The summed E-state index contributed by atoms with van der Waals surface area (Å²) >= 11 is 0. The molecular formula is C31H42N4O4. The van der Waals surface area contributed by atoms with E-state index in [0.29, 0.717) is 23.1 Å². The first-order valence-electron chi connectivity index (χ1n) is 14.3. The van der Waals surface area contributed by atoms with Crippen LogP contribution in [0.25, 0.3) is 11.0 Å². The standard InChI is InChI=1S/C31H42N4O4/c1-6-35(23-9-13-38-14-10-23)26-17-28-24(16-27(39-28)22-7-11-34(5)12-8-22)29(21(26)4)31(37)32-18-25-19(2)15-20(3)33-30(25)36/h15-17,22-23H,6-14,18H2,1-5H3,(H,32,37)(H,33,36). The number of benzene rings is 1. The van der Waals surface area contributed by atoms with Crippen molar-refractivity contribution in [3.8, 4) is 0 Å². The number of ether oxygens (including phenoxy) is 1. The number of carbonyl (C=O) groups is 1. The van der Waals surface area contributed by atoms with Crippen molar-refractivity contribution in [2.24, 2.45) is 0 Å². The SMILES string of the molecule is CCN(c1cc2oc(C3CCN(C)CC3)cc2c(C(=O)NCc2c(C)cc(C)[nH]c2=O)c1C)C1CCOCC1. The summed E-state index contributed by atoms with van der Waals surface area (Å²) in [5, 5.41) is 3.91. The molecule has 8 heteroatoms. The third-order valence-corrected chi connectivity index (χ3v) is 8.63. The number of anilines is 1. The lowest BCUT2D eigenvalue weighted by atomic mass is 9.93. The Kier molecular flexibility index (Phi) is 8.14. The number of hydrogen-bond acceptors (Lipinski definition) is 6. The number of pyridine rings is 1. The largest absolute Gasteiger partial charge is 0.461 e. The van der Waals surface area contributed by atoms with E-state index in [-0.39, 0.29) is 18.0 Å². The Morgan fingerprint density at radius 2 is 1.82 bits per heavy atom. The molecular weight excluding hydrogens is 492 g/mol. The number of rotatable bonds is 7. The van der Waals surface area contributed by atoms with E-state index in [2.05, 4.69) is 46.2 Å². The van der Waals surface area contributed by atoms with Crippen LogP contribution in [0.2, 0.25) is 0 Å². The normalized spacial score (nSPS) is 17.6. The number of piperidine rings is 1. The number of amides is 1. The third-order valence-electron chi connectivity index (χ3n) is 8.63. The highest BCUT2D eigenvalue weighted by molar-refractivity contribution is 6.09. The number of fused-ring (bicyclic) bond motifs is 1. The summed E-state index contributed by atoms with van der Waals surface area (Å²) in [6.07, 6.45) is 4.01. The van der Waals surface area contributed by atoms with Gasteiger partial charge in [0.15, 0.2) is 0 Å². The Bertz CT molecular complexity index is 1390. The van der Waals surface area contributed by atoms with E-state index in [1.54, 1.807) is 0 Å². The average molecular weight is 535 g/mol. The monoisotopic (exact) mass is 534 g/mol. The molecule has 39 heavy (non-hydrogen) atoms. The van der Waals surface area contributed by atoms with Crippen LogP contribution in [-0.2, 0) is 11.3 Å². The molecule has 0 aliphatic carbocycles. The maximum Gasteiger partial charge on any atom is 0.253 e. The van der Waals surface area contributed by atoms with E-state index in [4.69, 9.17) is 9.15 Å².